The van der Waals surface area contributed by atoms with Crippen LogP contribution in [-0.4, -0.2) is 30.0 Å². The summed E-state index contributed by atoms with van der Waals surface area (Å²) in [6.07, 6.45) is 0. The van der Waals surface area contributed by atoms with Crippen molar-refractivity contribution in [3.8, 4) is 0 Å². The van der Waals surface area contributed by atoms with E-state index in [-0.39, 0.29) is 5.91 Å². The Kier molecular flexibility index (Phi) is 3.99. The molecule has 1 aromatic carbocycles. The second-order valence-electron chi connectivity index (χ2n) is 4.63. The highest BCUT2D eigenvalue weighted by Crippen LogP contribution is 2.14. The predicted octanol–water partition coefficient (Wildman–Crippen LogP) is 1.90. The third-order valence-electron chi connectivity index (χ3n) is 2.74. The molecular formula is C14H19N3O. The Hall–Kier alpha value is -1.81. The molecule has 0 saturated carbocycles. The Morgan fingerprint density at radius 3 is 2.78 bits per heavy atom. The number of fused-ring (bicyclic) bond motifs is 1. The summed E-state index contributed by atoms with van der Waals surface area (Å²) in [5.41, 5.74) is 1.60. The average Bonchev–Trinajstić information content (AvgIpc) is 2.78. The number of H-pyrrole nitrogens is 1. The van der Waals surface area contributed by atoms with Crippen molar-refractivity contribution in [2.45, 2.75) is 19.9 Å². The molecule has 18 heavy (non-hydrogen) atoms. The van der Waals surface area contributed by atoms with Crippen LogP contribution in [0.25, 0.3) is 10.9 Å². The van der Waals surface area contributed by atoms with Gasteiger partial charge in [-0.3, -0.25) is 4.79 Å². The SMILES string of the molecule is CC(C)NCCNC(=O)c1cc2ccccc2[nH]1. The molecule has 4 heteroatoms. The van der Waals surface area contributed by atoms with Gasteiger partial charge in [-0.1, -0.05) is 32.0 Å². The van der Waals surface area contributed by atoms with Crippen molar-refractivity contribution in [1.29, 1.82) is 0 Å². The first kappa shape index (κ1) is 12.6. The van der Waals surface area contributed by atoms with Gasteiger partial charge in [0.1, 0.15) is 5.69 Å². The Bertz CT molecular complexity index is 498. The molecule has 0 bridgehead atoms. The fourth-order valence-electron chi connectivity index (χ4n) is 1.83. The van der Waals surface area contributed by atoms with E-state index in [2.05, 4.69) is 29.5 Å². The lowest BCUT2D eigenvalue weighted by Crippen LogP contribution is -2.34. The molecule has 0 radical (unpaired) electrons. The van der Waals surface area contributed by atoms with Gasteiger partial charge in [0.2, 0.25) is 0 Å². The highest BCUT2D eigenvalue weighted by atomic mass is 16.1. The van der Waals surface area contributed by atoms with Gasteiger partial charge in [-0.05, 0) is 12.1 Å². The minimum Gasteiger partial charge on any atom is -0.351 e. The lowest BCUT2D eigenvalue weighted by Gasteiger charge is -2.08. The van der Waals surface area contributed by atoms with Gasteiger partial charge in [0.25, 0.3) is 5.91 Å². The molecule has 0 aliphatic carbocycles. The number of hydrogen-bond donors (Lipinski definition) is 3. The third kappa shape index (κ3) is 3.11. The summed E-state index contributed by atoms with van der Waals surface area (Å²) >= 11 is 0. The quantitative estimate of drug-likeness (QED) is 0.705. The number of aromatic amines is 1. The summed E-state index contributed by atoms with van der Waals surface area (Å²) in [5.74, 6) is -0.0586. The largest absolute Gasteiger partial charge is 0.351 e. The predicted molar refractivity (Wildman–Crippen MR) is 73.8 cm³/mol. The number of para-hydroxylation sites is 1. The first-order valence-electron chi connectivity index (χ1n) is 6.26. The normalized spacial score (nSPS) is 11.1. The molecule has 1 aromatic heterocycles. The molecule has 1 heterocycles. The molecule has 4 nitrogen and oxygen atoms in total. The number of nitrogens with one attached hydrogen (secondary N) is 3. The Labute approximate surface area is 107 Å². The van der Waals surface area contributed by atoms with Gasteiger partial charge in [-0.15, -0.1) is 0 Å². The van der Waals surface area contributed by atoms with E-state index in [1.807, 2.05) is 30.3 Å². The van der Waals surface area contributed by atoms with Crippen LogP contribution in [0.2, 0.25) is 0 Å². The molecule has 0 unspecified atom stereocenters. The number of amides is 1. The van der Waals surface area contributed by atoms with Crippen LogP contribution in [0.15, 0.2) is 30.3 Å². The van der Waals surface area contributed by atoms with Crippen molar-refractivity contribution in [3.05, 3.63) is 36.0 Å². The van der Waals surface area contributed by atoms with E-state index in [4.69, 9.17) is 0 Å². The highest BCUT2D eigenvalue weighted by molar-refractivity contribution is 5.97. The molecular weight excluding hydrogens is 226 g/mol. The van der Waals surface area contributed by atoms with Gasteiger partial charge in [0.15, 0.2) is 0 Å². The van der Waals surface area contributed by atoms with Gasteiger partial charge in [-0.25, -0.2) is 0 Å². The van der Waals surface area contributed by atoms with Crippen molar-refractivity contribution in [2.24, 2.45) is 0 Å². The lowest BCUT2D eigenvalue weighted by molar-refractivity contribution is 0.0949. The first-order chi connectivity index (χ1) is 8.66. The van der Waals surface area contributed by atoms with Crippen LogP contribution < -0.4 is 10.6 Å². The second kappa shape index (κ2) is 5.69. The molecule has 3 N–H and O–H groups in total. The fraction of sp³-hybridized carbons (Fsp3) is 0.357. The fourth-order valence-corrected chi connectivity index (χ4v) is 1.83. The van der Waals surface area contributed by atoms with Crippen LogP contribution in [0.1, 0.15) is 24.3 Å². The number of carbonyl (C=O) groups excluding carboxylic acids is 1. The molecule has 0 aliphatic rings. The van der Waals surface area contributed by atoms with E-state index in [1.165, 1.54) is 0 Å². The van der Waals surface area contributed by atoms with Crippen LogP contribution in [0.4, 0.5) is 0 Å². The van der Waals surface area contributed by atoms with Gasteiger partial charge in [0, 0.05) is 30.0 Å². The molecule has 1 amide bonds. The summed E-state index contributed by atoms with van der Waals surface area (Å²) in [4.78, 5) is 15.0. The maximum Gasteiger partial charge on any atom is 0.267 e. The van der Waals surface area contributed by atoms with E-state index in [1.54, 1.807) is 0 Å². The van der Waals surface area contributed by atoms with Crippen molar-refractivity contribution >= 4 is 16.8 Å². The summed E-state index contributed by atoms with van der Waals surface area (Å²) in [6, 6.07) is 10.2. The van der Waals surface area contributed by atoms with E-state index >= 15 is 0 Å². The Balaban J connectivity index is 1.92. The van der Waals surface area contributed by atoms with E-state index in [9.17, 15) is 4.79 Å². The standard InChI is InChI=1S/C14H19N3O/c1-10(2)15-7-8-16-14(18)13-9-11-5-3-4-6-12(11)17-13/h3-6,9-10,15,17H,7-8H2,1-2H3,(H,16,18). The van der Waals surface area contributed by atoms with Crippen LogP contribution in [0.5, 0.6) is 0 Å². The number of hydrogen-bond acceptors (Lipinski definition) is 2. The molecule has 2 aromatic rings. The zero-order valence-corrected chi connectivity index (χ0v) is 10.8. The molecule has 0 atom stereocenters. The van der Waals surface area contributed by atoms with Crippen LogP contribution in [0, 0.1) is 0 Å². The molecule has 0 fully saturated rings. The monoisotopic (exact) mass is 245 g/mol. The number of carbonyl (C=O) groups is 1. The van der Waals surface area contributed by atoms with Gasteiger partial charge < -0.3 is 15.6 Å². The average molecular weight is 245 g/mol. The summed E-state index contributed by atoms with van der Waals surface area (Å²) in [7, 11) is 0. The van der Waals surface area contributed by atoms with Crippen molar-refractivity contribution in [3.63, 3.8) is 0 Å². The molecule has 0 saturated heterocycles. The zero-order chi connectivity index (χ0) is 13.0. The molecule has 96 valence electrons. The van der Waals surface area contributed by atoms with Crippen molar-refractivity contribution in [2.75, 3.05) is 13.1 Å². The smallest absolute Gasteiger partial charge is 0.267 e. The van der Waals surface area contributed by atoms with Crippen LogP contribution in [-0.2, 0) is 0 Å². The van der Waals surface area contributed by atoms with Gasteiger partial charge in [-0.2, -0.15) is 0 Å². The topological polar surface area (TPSA) is 56.9 Å². The minimum absolute atomic E-state index is 0.0586. The van der Waals surface area contributed by atoms with Gasteiger partial charge in [0.05, 0.1) is 0 Å². The molecule has 0 spiro atoms. The second-order valence-corrected chi connectivity index (χ2v) is 4.63. The maximum absolute atomic E-state index is 11.9. The summed E-state index contributed by atoms with van der Waals surface area (Å²) in [6.45, 7) is 5.58. The van der Waals surface area contributed by atoms with Crippen molar-refractivity contribution in [1.82, 2.24) is 15.6 Å². The first-order valence-corrected chi connectivity index (χ1v) is 6.26. The van der Waals surface area contributed by atoms with Crippen LogP contribution >= 0.6 is 0 Å². The van der Waals surface area contributed by atoms with E-state index < -0.39 is 0 Å². The Morgan fingerprint density at radius 1 is 1.28 bits per heavy atom. The highest BCUT2D eigenvalue weighted by Gasteiger charge is 2.08. The molecule has 2 rings (SSSR count). The van der Waals surface area contributed by atoms with E-state index in [0.29, 0.717) is 18.3 Å². The maximum atomic E-state index is 11.9. The number of benzene rings is 1. The third-order valence-corrected chi connectivity index (χ3v) is 2.74. The van der Waals surface area contributed by atoms with E-state index in [0.717, 1.165) is 17.4 Å². The zero-order valence-electron chi connectivity index (χ0n) is 10.8. The summed E-state index contributed by atoms with van der Waals surface area (Å²) in [5, 5.41) is 7.19. The van der Waals surface area contributed by atoms with Crippen molar-refractivity contribution < 1.29 is 4.79 Å². The minimum atomic E-state index is -0.0586. The summed E-state index contributed by atoms with van der Waals surface area (Å²) < 4.78 is 0. The number of aromatic nitrogens is 1. The van der Waals surface area contributed by atoms with Crippen LogP contribution in [0.3, 0.4) is 0 Å². The molecule has 0 aliphatic heterocycles. The lowest BCUT2D eigenvalue weighted by atomic mass is 10.2. The Morgan fingerprint density at radius 2 is 2.06 bits per heavy atom. The number of rotatable bonds is 5. The van der Waals surface area contributed by atoms with Gasteiger partial charge >= 0.3 is 0 Å².